The van der Waals surface area contributed by atoms with Crippen molar-refractivity contribution in [1.29, 1.82) is 0 Å². The first-order chi connectivity index (χ1) is 8.86. The van der Waals surface area contributed by atoms with E-state index >= 15 is 0 Å². The van der Waals surface area contributed by atoms with Crippen molar-refractivity contribution >= 4 is 0 Å². The first-order valence-electron chi connectivity index (χ1n) is 8.60. The molecule has 0 aliphatic heterocycles. The molecule has 0 saturated heterocycles. The third kappa shape index (κ3) is 3.50. The highest BCUT2D eigenvalue weighted by molar-refractivity contribution is 4.88. The molecule has 0 N–H and O–H groups in total. The van der Waals surface area contributed by atoms with E-state index in [1.807, 2.05) is 0 Å². The number of rotatable bonds is 5. The maximum absolute atomic E-state index is 2.80. The van der Waals surface area contributed by atoms with Gasteiger partial charge in [-0.25, -0.2) is 0 Å². The normalized spacial score (nSPS) is 24.0. The lowest BCUT2D eigenvalue weighted by molar-refractivity contribution is 0.0612. The fourth-order valence-corrected chi connectivity index (χ4v) is 4.58. The second kappa shape index (κ2) is 7.53. The minimum atomic E-state index is 0.917. The quantitative estimate of drug-likeness (QED) is 0.674. The van der Waals surface area contributed by atoms with Crippen LogP contribution in [-0.4, -0.2) is 24.0 Å². The van der Waals surface area contributed by atoms with Crippen LogP contribution in [0.15, 0.2) is 0 Å². The molecule has 2 saturated carbocycles. The van der Waals surface area contributed by atoms with Gasteiger partial charge in [0, 0.05) is 6.04 Å². The summed E-state index contributed by atoms with van der Waals surface area (Å²) in [6, 6.07) is 0.917. The Bertz CT molecular complexity index is 192. The summed E-state index contributed by atoms with van der Waals surface area (Å²) in [4.78, 5) is 2.80. The van der Waals surface area contributed by atoms with Crippen molar-refractivity contribution in [3.8, 4) is 0 Å². The summed E-state index contributed by atoms with van der Waals surface area (Å²) in [5.74, 6) is 2.03. The van der Waals surface area contributed by atoms with Gasteiger partial charge < -0.3 is 4.90 Å². The Morgan fingerprint density at radius 3 is 1.44 bits per heavy atom. The highest BCUT2D eigenvalue weighted by Gasteiger charge is 2.34. The molecule has 106 valence electrons. The van der Waals surface area contributed by atoms with Crippen LogP contribution in [0.1, 0.15) is 78.1 Å². The van der Waals surface area contributed by atoms with Gasteiger partial charge in [-0.2, -0.15) is 0 Å². The lowest BCUT2D eigenvalue weighted by Gasteiger charge is -2.44. The topological polar surface area (TPSA) is 3.24 Å². The lowest BCUT2D eigenvalue weighted by atomic mass is 9.73. The van der Waals surface area contributed by atoms with Gasteiger partial charge in [0.25, 0.3) is 0 Å². The second-order valence-electron chi connectivity index (χ2n) is 6.51. The largest absolute Gasteiger partial charge is 0.300 e. The average Bonchev–Trinajstić information content (AvgIpc) is 2.46. The number of nitrogens with zero attached hydrogens (tertiary/aromatic N) is 1. The van der Waals surface area contributed by atoms with E-state index in [4.69, 9.17) is 0 Å². The predicted octanol–water partition coefficient (Wildman–Crippen LogP) is 4.86. The highest BCUT2D eigenvalue weighted by Crippen LogP contribution is 2.38. The van der Waals surface area contributed by atoms with Crippen LogP contribution in [0.3, 0.4) is 0 Å². The fourth-order valence-electron chi connectivity index (χ4n) is 4.58. The van der Waals surface area contributed by atoms with Gasteiger partial charge in [-0.1, -0.05) is 52.4 Å². The molecular weight excluding hydrogens is 218 g/mol. The van der Waals surface area contributed by atoms with E-state index in [1.54, 1.807) is 0 Å². The summed E-state index contributed by atoms with van der Waals surface area (Å²) in [6.07, 6.45) is 15.0. The van der Waals surface area contributed by atoms with Gasteiger partial charge >= 0.3 is 0 Å². The molecule has 1 nitrogen and oxygen atoms in total. The van der Waals surface area contributed by atoms with E-state index in [-0.39, 0.29) is 0 Å². The number of hydrogen-bond acceptors (Lipinski definition) is 1. The SMILES string of the molecule is CCN(CC)C(C1CCCCC1)C1CCCCC1. The second-order valence-corrected chi connectivity index (χ2v) is 6.51. The van der Waals surface area contributed by atoms with Crippen LogP contribution in [0.4, 0.5) is 0 Å². The highest BCUT2D eigenvalue weighted by atomic mass is 15.2. The van der Waals surface area contributed by atoms with Crippen molar-refractivity contribution < 1.29 is 0 Å². The third-order valence-corrected chi connectivity index (χ3v) is 5.50. The van der Waals surface area contributed by atoms with Crippen molar-refractivity contribution in [2.45, 2.75) is 84.1 Å². The van der Waals surface area contributed by atoms with Gasteiger partial charge in [0.1, 0.15) is 0 Å². The average molecular weight is 251 g/mol. The van der Waals surface area contributed by atoms with E-state index in [9.17, 15) is 0 Å². The Labute approximate surface area is 114 Å². The van der Waals surface area contributed by atoms with Crippen LogP contribution in [0, 0.1) is 11.8 Å². The molecule has 0 bridgehead atoms. The molecule has 0 aromatic carbocycles. The zero-order chi connectivity index (χ0) is 12.8. The Morgan fingerprint density at radius 1 is 0.722 bits per heavy atom. The van der Waals surface area contributed by atoms with Crippen LogP contribution in [0.25, 0.3) is 0 Å². The van der Waals surface area contributed by atoms with E-state index in [0.29, 0.717) is 0 Å². The monoisotopic (exact) mass is 251 g/mol. The minimum absolute atomic E-state index is 0.917. The van der Waals surface area contributed by atoms with Crippen LogP contribution in [0.2, 0.25) is 0 Å². The van der Waals surface area contributed by atoms with Crippen molar-refractivity contribution in [1.82, 2.24) is 4.90 Å². The molecule has 1 heteroatoms. The van der Waals surface area contributed by atoms with Crippen molar-refractivity contribution in [3.63, 3.8) is 0 Å². The standard InChI is InChI=1S/C17H33N/c1-3-18(4-2)17(15-11-7-5-8-12-15)16-13-9-6-10-14-16/h15-17H,3-14H2,1-2H3. The summed E-state index contributed by atoms with van der Waals surface area (Å²) >= 11 is 0. The third-order valence-electron chi connectivity index (χ3n) is 5.50. The molecule has 2 fully saturated rings. The lowest BCUT2D eigenvalue weighted by Crippen LogP contribution is -2.46. The maximum atomic E-state index is 2.80. The summed E-state index contributed by atoms with van der Waals surface area (Å²) in [5, 5.41) is 0. The maximum Gasteiger partial charge on any atom is 0.0151 e. The predicted molar refractivity (Wildman–Crippen MR) is 79.9 cm³/mol. The molecule has 0 amide bonds. The molecule has 0 spiro atoms. The summed E-state index contributed by atoms with van der Waals surface area (Å²) in [7, 11) is 0. The molecule has 0 atom stereocenters. The molecule has 0 heterocycles. The van der Waals surface area contributed by atoms with Crippen LogP contribution >= 0.6 is 0 Å². The fraction of sp³-hybridized carbons (Fsp3) is 1.00. The molecule has 0 aromatic heterocycles. The van der Waals surface area contributed by atoms with E-state index in [0.717, 1.165) is 17.9 Å². The first kappa shape index (κ1) is 14.4. The van der Waals surface area contributed by atoms with Crippen molar-refractivity contribution in [3.05, 3.63) is 0 Å². The Morgan fingerprint density at radius 2 is 1.11 bits per heavy atom. The number of hydrogen-bond donors (Lipinski definition) is 0. The molecule has 0 aromatic rings. The first-order valence-corrected chi connectivity index (χ1v) is 8.60. The molecule has 2 rings (SSSR count). The zero-order valence-corrected chi connectivity index (χ0v) is 12.7. The molecule has 0 radical (unpaired) electrons. The van der Waals surface area contributed by atoms with Crippen LogP contribution in [-0.2, 0) is 0 Å². The zero-order valence-electron chi connectivity index (χ0n) is 12.7. The Hall–Kier alpha value is -0.0400. The smallest absolute Gasteiger partial charge is 0.0151 e. The van der Waals surface area contributed by atoms with E-state index < -0.39 is 0 Å². The van der Waals surface area contributed by atoms with Gasteiger partial charge in [-0.3, -0.25) is 0 Å². The molecule has 2 aliphatic carbocycles. The van der Waals surface area contributed by atoms with Gasteiger partial charge in [0.05, 0.1) is 0 Å². The molecule has 2 aliphatic rings. The Kier molecular flexibility index (Phi) is 6.01. The van der Waals surface area contributed by atoms with Crippen LogP contribution in [0.5, 0.6) is 0 Å². The van der Waals surface area contributed by atoms with Gasteiger partial charge in [0.2, 0.25) is 0 Å². The van der Waals surface area contributed by atoms with Gasteiger partial charge in [0.15, 0.2) is 0 Å². The molecule has 0 unspecified atom stereocenters. The van der Waals surface area contributed by atoms with Crippen LogP contribution < -0.4 is 0 Å². The van der Waals surface area contributed by atoms with E-state index in [2.05, 4.69) is 18.7 Å². The van der Waals surface area contributed by atoms with Crippen molar-refractivity contribution in [2.24, 2.45) is 11.8 Å². The van der Waals surface area contributed by atoms with Gasteiger partial charge in [-0.15, -0.1) is 0 Å². The molecule has 18 heavy (non-hydrogen) atoms. The minimum Gasteiger partial charge on any atom is -0.300 e. The summed E-state index contributed by atoms with van der Waals surface area (Å²) in [5.41, 5.74) is 0. The van der Waals surface area contributed by atoms with Crippen molar-refractivity contribution in [2.75, 3.05) is 13.1 Å². The van der Waals surface area contributed by atoms with Gasteiger partial charge in [-0.05, 0) is 50.6 Å². The summed E-state index contributed by atoms with van der Waals surface area (Å²) in [6.45, 7) is 7.24. The molecular formula is C17H33N. The summed E-state index contributed by atoms with van der Waals surface area (Å²) < 4.78 is 0. The van der Waals surface area contributed by atoms with E-state index in [1.165, 1.54) is 77.3 Å². The Balaban J connectivity index is 2.04.